The van der Waals surface area contributed by atoms with E-state index in [4.69, 9.17) is 27.9 Å². The first-order chi connectivity index (χ1) is 12.0. The van der Waals surface area contributed by atoms with Crippen LogP contribution in [0.5, 0.6) is 11.5 Å². The molecular formula is C18H18Cl2N2O3. The number of amides is 1. The van der Waals surface area contributed by atoms with Crippen LogP contribution in [0.15, 0.2) is 42.5 Å². The number of benzene rings is 2. The van der Waals surface area contributed by atoms with Gasteiger partial charge in [-0.2, -0.15) is 0 Å². The van der Waals surface area contributed by atoms with Crippen molar-refractivity contribution in [1.82, 2.24) is 4.90 Å². The molecule has 3 rings (SSSR count). The van der Waals surface area contributed by atoms with Gasteiger partial charge in [0.2, 0.25) is 0 Å². The molecule has 2 aromatic carbocycles. The number of rotatable bonds is 4. The number of phenolic OH excluding ortho intramolecular Hbond substituents is 1. The van der Waals surface area contributed by atoms with Crippen molar-refractivity contribution in [1.29, 1.82) is 0 Å². The molecule has 0 atom stereocenters. The Balaban J connectivity index is 1.50. The number of ether oxygens (including phenoxy) is 1. The topological polar surface area (TPSA) is 53.0 Å². The van der Waals surface area contributed by atoms with Gasteiger partial charge in [-0.25, -0.2) is 0 Å². The van der Waals surface area contributed by atoms with Crippen LogP contribution in [-0.2, 0) is 4.79 Å². The summed E-state index contributed by atoms with van der Waals surface area (Å²) in [5.41, 5.74) is 1.04. The molecule has 2 aromatic rings. The van der Waals surface area contributed by atoms with E-state index in [1.165, 1.54) is 0 Å². The predicted molar refractivity (Wildman–Crippen MR) is 98.9 cm³/mol. The Bertz CT molecular complexity index is 744. The normalized spacial score (nSPS) is 14.5. The zero-order valence-corrected chi connectivity index (χ0v) is 15.0. The minimum atomic E-state index is -0.0728. The van der Waals surface area contributed by atoms with Crippen LogP contribution < -0.4 is 9.64 Å². The molecule has 1 aliphatic rings. The summed E-state index contributed by atoms with van der Waals surface area (Å²) in [5.74, 6) is 0.620. The molecule has 0 saturated carbocycles. The van der Waals surface area contributed by atoms with Crippen molar-refractivity contribution in [3.05, 3.63) is 52.5 Å². The largest absolute Gasteiger partial charge is 0.508 e. The molecule has 1 N–H and O–H groups in total. The lowest BCUT2D eigenvalue weighted by molar-refractivity contribution is -0.133. The standard InChI is InChI=1S/C18H18Cl2N2O3/c19-13-1-6-17(16(20)11-13)25-12-18(24)22-9-7-21(8-10-22)14-2-4-15(23)5-3-14/h1-6,11,23H,7-10,12H2. The highest BCUT2D eigenvalue weighted by atomic mass is 35.5. The van der Waals surface area contributed by atoms with Crippen molar-refractivity contribution in [2.75, 3.05) is 37.7 Å². The number of nitrogens with zero attached hydrogens (tertiary/aromatic N) is 2. The van der Waals surface area contributed by atoms with Crippen molar-refractivity contribution in [3.63, 3.8) is 0 Å². The fourth-order valence-electron chi connectivity index (χ4n) is 2.70. The number of phenols is 1. The van der Waals surface area contributed by atoms with E-state index in [1.807, 2.05) is 12.1 Å². The third-order valence-electron chi connectivity index (χ3n) is 4.09. The average molecular weight is 381 g/mol. The molecule has 0 aliphatic carbocycles. The maximum absolute atomic E-state index is 12.3. The Hall–Kier alpha value is -2.11. The van der Waals surface area contributed by atoms with Gasteiger partial charge in [-0.05, 0) is 42.5 Å². The quantitative estimate of drug-likeness (QED) is 0.882. The SMILES string of the molecule is O=C(COc1ccc(Cl)cc1Cl)N1CCN(c2ccc(O)cc2)CC1. The lowest BCUT2D eigenvalue weighted by atomic mass is 10.2. The Morgan fingerprint density at radius 2 is 1.72 bits per heavy atom. The molecule has 132 valence electrons. The van der Waals surface area contributed by atoms with Crippen molar-refractivity contribution >= 4 is 34.8 Å². The molecule has 25 heavy (non-hydrogen) atoms. The Morgan fingerprint density at radius 1 is 1.04 bits per heavy atom. The predicted octanol–water partition coefficient (Wildman–Crippen LogP) is 3.43. The molecule has 0 unspecified atom stereocenters. The first-order valence-electron chi connectivity index (χ1n) is 7.92. The second-order valence-electron chi connectivity index (χ2n) is 5.75. The highest BCUT2D eigenvalue weighted by Gasteiger charge is 2.21. The first kappa shape index (κ1) is 17.7. The van der Waals surface area contributed by atoms with Gasteiger partial charge in [-0.3, -0.25) is 4.79 Å². The van der Waals surface area contributed by atoms with Crippen LogP contribution in [0.4, 0.5) is 5.69 Å². The minimum Gasteiger partial charge on any atom is -0.508 e. The second-order valence-corrected chi connectivity index (χ2v) is 6.59. The molecule has 0 bridgehead atoms. The minimum absolute atomic E-state index is 0.0550. The van der Waals surface area contributed by atoms with E-state index in [1.54, 1.807) is 35.2 Å². The zero-order chi connectivity index (χ0) is 17.8. The van der Waals surface area contributed by atoms with Gasteiger partial charge in [-0.1, -0.05) is 23.2 Å². The third-order valence-corrected chi connectivity index (χ3v) is 4.62. The van der Waals surface area contributed by atoms with Crippen molar-refractivity contribution in [2.24, 2.45) is 0 Å². The smallest absolute Gasteiger partial charge is 0.260 e. The average Bonchev–Trinajstić information content (AvgIpc) is 2.61. The molecular weight excluding hydrogens is 363 g/mol. The molecule has 0 radical (unpaired) electrons. The molecule has 1 amide bonds. The number of aromatic hydroxyl groups is 1. The molecule has 1 fully saturated rings. The summed E-state index contributed by atoms with van der Waals surface area (Å²) in [6, 6.07) is 12.0. The maximum atomic E-state index is 12.3. The van der Waals surface area contributed by atoms with Crippen molar-refractivity contribution in [2.45, 2.75) is 0 Å². The van der Waals surface area contributed by atoms with E-state index in [9.17, 15) is 9.90 Å². The van der Waals surface area contributed by atoms with Gasteiger partial charge in [0.05, 0.1) is 5.02 Å². The molecule has 1 aliphatic heterocycles. The van der Waals surface area contributed by atoms with E-state index in [0.29, 0.717) is 28.9 Å². The van der Waals surface area contributed by atoms with Gasteiger partial charge in [0, 0.05) is 36.9 Å². The number of halogens is 2. The molecule has 7 heteroatoms. The van der Waals surface area contributed by atoms with Crippen LogP contribution in [0.25, 0.3) is 0 Å². The number of carbonyl (C=O) groups excluding carboxylic acids is 1. The van der Waals surface area contributed by atoms with E-state index < -0.39 is 0 Å². The number of hydrogen-bond donors (Lipinski definition) is 1. The van der Waals surface area contributed by atoms with Gasteiger partial charge < -0.3 is 19.6 Å². The lowest BCUT2D eigenvalue weighted by Gasteiger charge is -2.36. The number of piperazine rings is 1. The summed E-state index contributed by atoms with van der Waals surface area (Å²) < 4.78 is 5.51. The third kappa shape index (κ3) is 4.50. The first-order valence-corrected chi connectivity index (χ1v) is 8.68. The van der Waals surface area contributed by atoms with Gasteiger partial charge in [0.25, 0.3) is 5.91 Å². The summed E-state index contributed by atoms with van der Waals surface area (Å²) in [6.07, 6.45) is 0. The summed E-state index contributed by atoms with van der Waals surface area (Å²) in [6.45, 7) is 2.66. The van der Waals surface area contributed by atoms with Crippen LogP contribution >= 0.6 is 23.2 Å². The fraction of sp³-hybridized carbons (Fsp3) is 0.278. The van der Waals surface area contributed by atoms with Crippen LogP contribution in [0.1, 0.15) is 0 Å². The molecule has 1 heterocycles. The van der Waals surface area contributed by atoms with Gasteiger partial charge in [0.15, 0.2) is 6.61 Å². The number of carbonyl (C=O) groups is 1. The van der Waals surface area contributed by atoms with E-state index in [-0.39, 0.29) is 18.3 Å². The van der Waals surface area contributed by atoms with Gasteiger partial charge in [-0.15, -0.1) is 0 Å². The Morgan fingerprint density at radius 3 is 2.36 bits per heavy atom. The highest BCUT2D eigenvalue weighted by Crippen LogP contribution is 2.27. The molecule has 0 spiro atoms. The highest BCUT2D eigenvalue weighted by molar-refractivity contribution is 6.35. The summed E-state index contributed by atoms with van der Waals surface area (Å²) in [7, 11) is 0. The maximum Gasteiger partial charge on any atom is 0.260 e. The lowest BCUT2D eigenvalue weighted by Crippen LogP contribution is -2.50. The fourth-order valence-corrected chi connectivity index (χ4v) is 3.16. The molecule has 1 saturated heterocycles. The van der Waals surface area contributed by atoms with Crippen LogP contribution in [0.3, 0.4) is 0 Å². The van der Waals surface area contributed by atoms with Crippen LogP contribution in [-0.4, -0.2) is 48.7 Å². The van der Waals surface area contributed by atoms with E-state index >= 15 is 0 Å². The zero-order valence-electron chi connectivity index (χ0n) is 13.5. The van der Waals surface area contributed by atoms with Gasteiger partial charge in [0.1, 0.15) is 11.5 Å². The Labute approximate surface area is 156 Å². The molecule has 0 aromatic heterocycles. The number of hydrogen-bond acceptors (Lipinski definition) is 4. The van der Waals surface area contributed by atoms with Crippen molar-refractivity contribution in [3.8, 4) is 11.5 Å². The molecule has 5 nitrogen and oxygen atoms in total. The monoisotopic (exact) mass is 380 g/mol. The Kier molecular flexibility index (Phi) is 5.56. The van der Waals surface area contributed by atoms with E-state index in [2.05, 4.69) is 4.90 Å². The van der Waals surface area contributed by atoms with Crippen LogP contribution in [0, 0.1) is 0 Å². The summed E-state index contributed by atoms with van der Waals surface area (Å²) in [4.78, 5) is 16.3. The van der Waals surface area contributed by atoms with Crippen molar-refractivity contribution < 1.29 is 14.6 Å². The summed E-state index contributed by atoms with van der Waals surface area (Å²) >= 11 is 11.9. The number of anilines is 1. The van der Waals surface area contributed by atoms with Gasteiger partial charge >= 0.3 is 0 Å². The van der Waals surface area contributed by atoms with Crippen LogP contribution in [0.2, 0.25) is 10.0 Å². The second kappa shape index (κ2) is 7.85. The summed E-state index contributed by atoms with van der Waals surface area (Å²) in [5, 5.41) is 10.3. The van der Waals surface area contributed by atoms with E-state index in [0.717, 1.165) is 18.8 Å².